The summed E-state index contributed by atoms with van der Waals surface area (Å²) < 4.78 is 23.7. The number of nitrogens with one attached hydrogen (secondary N) is 1. The van der Waals surface area contributed by atoms with Crippen molar-refractivity contribution in [1.29, 1.82) is 0 Å². The Morgan fingerprint density at radius 1 is 0.507 bits per heavy atom. The van der Waals surface area contributed by atoms with Crippen LogP contribution in [-0.4, -0.2) is 73.4 Å². The first-order valence-corrected chi connectivity index (χ1v) is 30.4. The van der Waals surface area contributed by atoms with Crippen LogP contribution in [-0.2, 0) is 18.4 Å². The normalized spacial score (nSPS) is 14.2. The molecule has 0 aliphatic carbocycles. The standard InChI is InChI=1S/C58H113N2O6P/c1-6-8-10-12-14-16-18-20-22-23-24-25-26-27-28-29-30-31-32-33-34-35-36-37-38-40-42-44-46-48-50-52-58(62)59-56(55-66-67(63,64)65-54-53-60(3,4)5)57(61)51-49-47-45-43-41-39-21-19-17-15-13-11-9-7-2/h18,20,23-24,49,51,56-57,61H,6-17,19,21-22,25-48,50,52-55H2,1-5H3,(H-,59,62,63,64)/p+1/b20-18-,24-23-,51-49+. The number of quaternary nitrogens is 1. The minimum absolute atomic E-state index is 0.0630. The molecular weight excluding hydrogens is 852 g/mol. The number of amides is 1. The van der Waals surface area contributed by atoms with Crippen molar-refractivity contribution in [3.05, 3.63) is 36.5 Å². The van der Waals surface area contributed by atoms with Gasteiger partial charge in [-0.25, -0.2) is 4.57 Å². The fourth-order valence-electron chi connectivity index (χ4n) is 8.54. The van der Waals surface area contributed by atoms with Crippen molar-refractivity contribution in [2.24, 2.45) is 0 Å². The van der Waals surface area contributed by atoms with E-state index >= 15 is 0 Å². The van der Waals surface area contributed by atoms with Gasteiger partial charge in [0.1, 0.15) is 13.2 Å². The fraction of sp³-hybridized carbons (Fsp3) is 0.879. The summed E-state index contributed by atoms with van der Waals surface area (Å²) in [6, 6.07) is -0.844. The highest BCUT2D eigenvalue weighted by Crippen LogP contribution is 2.43. The van der Waals surface area contributed by atoms with Gasteiger partial charge in [0.05, 0.1) is 39.9 Å². The molecule has 0 aromatic carbocycles. The van der Waals surface area contributed by atoms with Crippen LogP contribution >= 0.6 is 7.82 Å². The summed E-state index contributed by atoms with van der Waals surface area (Å²) in [6.45, 7) is 4.83. The number of carbonyl (C=O) groups is 1. The molecule has 0 saturated carbocycles. The lowest BCUT2D eigenvalue weighted by Gasteiger charge is -2.25. The Morgan fingerprint density at radius 2 is 0.851 bits per heavy atom. The zero-order valence-electron chi connectivity index (χ0n) is 45.2. The van der Waals surface area contributed by atoms with Gasteiger partial charge in [-0.15, -0.1) is 0 Å². The molecule has 0 aliphatic heterocycles. The highest BCUT2D eigenvalue weighted by molar-refractivity contribution is 7.47. The Balaban J connectivity index is 4.05. The monoisotopic (exact) mass is 966 g/mol. The molecule has 1 amide bonds. The number of hydrogen-bond donors (Lipinski definition) is 3. The quantitative estimate of drug-likeness (QED) is 0.0243. The molecule has 0 rings (SSSR count). The van der Waals surface area contributed by atoms with Crippen LogP contribution in [0.15, 0.2) is 36.5 Å². The maximum absolute atomic E-state index is 13.0. The van der Waals surface area contributed by atoms with E-state index in [1.165, 1.54) is 212 Å². The van der Waals surface area contributed by atoms with Crippen LogP contribution < -0.4 is 5.32 Å². The van der Waals surface area contributed by atoms with E-state index in [1.807, 2.05) is 27.2 Å². The fourth-order valence-corrected chi connectivity index (χ4v) is 9.28. The molecule has 0 heterocycles. The largest absolute Gasteiger partial charge is 0.472 e. The number of aliphatic hydroxyl groups is 1. The summed E-state index contributed by atoms with van der Waals surface area (Å²) in [6.07, 6.45) is 63.9. The van der Waals surface area contributed by atoms with Gasteiger partial charge in [-0.05, 0) is 51.4 Å². The van der Waals surface area contributed by atoms with Gasteiger partial charge in [-0.2, -0.15) is 0 Å². The molecule has 0 saturated heterocycles. The van der Waals surface area contributed by atoms with Crippen LogP contribution in [0.2, 0.25) is 0 Å². The van der Waals surface area contributed by atoms with E-state index in [0.29, 0.717) is 17.4 Å². The van der Waals surface area contributed by atoms with Gasteiger partial charge in [0.25, 0.3) is 0 Å². The molecule has 9 heteroatoms. The number of likely N-dealkylation sites (N-methyl/N-ethyl adjacent to an activating group) is 1. The first-order valence-electron chi connectivity index (χ1n) is 28.9. The molecule has 0 radical (unpaired) electrons. The Labute approximate surface area is 417 Å². The topological polar surface area (TPSA) is 105 Å². The molecule has 3 N–H and O–H groups in total. The van der Waals surface area contributed by atoms with E-state index in [1.54, 1.807) is 6.08 Å². The van der Waals surface area contributed by atoms with Gasteiger partial charge < -0.3 is 19.8 Å². The van der Waals surface area contributed by atoms with Crippen molar-refractivity contribution in [1.82, 2.24) is 5.32 Å². The molecule has 0 spiro atoms. The number of allylic oxidation sites excluding steroid dienone is 5. The minimum Gasteiger partial charge on any atom is -0.387 e. The maximum Gasteiger partial charge on any atom is 0.472 e. The zero-order valence-corrected chi connectivity index (χ0v) is 46.0. The van der Waals surface area contributed by atoms with Crippen LogP contribution in [0.5, 0.6) is 0 Å². The van der Waals surface area contributed by atoms with E-state index in [2.05, 4.69) is 43.5 Å². The van der Waals surface area contributed by atoms with Gasteiger partial charge in [-0.3, -0.25) is 13.8 Å². The lowest BCUT2D eigenvalue weighted by molar-refractivity contribution is -0.870. The van der Waals surface area contributed by atoms with E-state index in [4.69, 9.17) is 9.05 Å². The SMILES string of the molecule is CCCCCCC/C=C\C/C=C\CCCCCCCCCCCCCCCCCCCCCC(=O)NC(COP(=O)(O)OCC[N+](C)(C)C)C(O)/C=C/CCCCCCCCCCCCCC. The predicted molar refractivity (Wildman–Crippen MR) is 291 cm³/mol. The Morgan fingerprint density at radius 3 is 1.22 bits per heavy atom. The summed E-state index contributed by atoms with van der Waals surface area (Å²) >= 11 is 0. The van der Waals surface area contributed by atoms with E-state index in [0.717, 1.165) is 44.9 Å². The smallest absolute Gasteiger partial charge is 0.387 e. The van der Waals surface area contributed by atoms with Crippen molar-refractivity contribution >= 4 is 13.7 Å². The Bertz CT molecular complexity index is 1190. The Hall–Kier alpha value is -1.28. The zero-order chi connectivity index (χ0) is 49.2. The molecule has 8 nitrogen and oxygen atoms in total. The molecule has 0 fully saturated rings. The summed E-state index contributed by atoms with van der Waals surface area (Å²) in [5, 5.41) is 13.9. The molecule has 0 aliphatic rings. The summed E-state index contributed by atoms with van der Waals surface area (Å²) in [5.74, 6) is -0.173. The average Bonchev–Trinajstić information content (AvgIpc) is 3.29. The second-order valence-electron chi connectivity index (χ2n) is 21.0. The lowest BCUT2D eigenvalue weighted by Crippen LogP contribution is -2.45. The van der Waals surface area contributed by atoms with E-state index in [9.17, 15) is 19.4 Å². The molecule has 0 bridgehead atoms. The number of hydrogen-bond acceptors (Lipinski definition) is 5. The Kier molecular flexibility index (Phi) is 48.7. The number of phosphoric ester groups is 1. The number of carbonyl (C=O) groups excluding carboxylic acids is 1. The second kappa shape index (κ2) is 49.7. The number of aliphatic hydroxyl groups excluding tert-OH is 1. The third-order valence-corrected chi connectivity index (χ3v) is 14.1. The van der Waals surface area contributed by atoms with Gasteiger partial charge in [0.2, 0.25) is 5.91 Å². The summed E-state index contributed by atoms with van der Waals surface area (Å²) in [5.41, 5.74) is 0. The first kappa shape index (κ1) is 65.7. The number of nitrogens with zero attached hydrogens (tertiary/aromatic N) is 1. The molecule has 0 aromatic rings. The van der Waals surface area contributed by atoms with Crippen LogP contribution in [0.3, 0.4) is 0 Å². The van der Waals surface area contributed by atoms with Crippen LogP contribution in [0.1, 0.15) is 277 Å². The summed E-state index contributed by atoms with van der Waals surface area (Å²) in [7, 11) is 1.58. The maximum atomic E-state index is 13.0. The van der Waals surface area contributed by atoms with Crippen molar-refractivity contribution in [3.63, 3.8) is 0 Å². The van der Waals surface area contributed by atoms with Crippen molar-refractivity contribution in [2.75, 3.05) is 40.9 Å². The molecular formula is C58H114N2O6P+. The molecule has 396 valence electrons. The van der Waals surface area contributed by atoms with Crippen molar-refractivity contribution in [3.8, 4) is 0 Å². The van der Waals surface area contributed by atoms with Crippen LogP contribution in [0.4, 0.5) is 0 Å². The highest BCUT2D eigenvalue weighted by Gasteiger charge is 2.27. The van der Waals surface area contributed by atoms with Gasteiger partial charge >= 0.3 is 7.82 Å². The number of rotatable bonds is 53. The summed E-state index contributed by atoms with van der Waals surface area (Å²) in [4.78, 5) is 23.3. The van der Waals surface area contributed by atoms with E-state index in [-0.39, 0.29) is 19.1 Å². The lowest BCUT2D eigenvalue weighted by atomic mass is 10.0. The minimum atomic E-state index is -4.34. The van der Waals surface area contributed by atoms with Crippen molar-refractivity contribution in [2.45, 2.75) is 289 Å². The van der Waals surface area contributed by atoms with Crippen LogP contribution in [0, 0.1) is 0 Å². The average molecular weight is 967 g/mol. The third-order valence-electron chi connectivity index (χ3n) is 13.1. The van der Waals surface area contributed by atoms with Gasteiger partial charge in [0, 0.05) is 6.42 Å². The first-order chi connectivity index (χ1) is 32.5. The van der Waals surface area contributed by atoms with Crippen LogP contribution in [0.25, 0.3) is 0 Å². The van der Waals surface area contributed by atoms with Crippen molar-refractivity contribution < 1.29 is 32.9 Å². The van der Waals surface area contributed by atoms with E-state index < -0.39 is 20.0 Å². The predicted octanol–water partition coefficient (Wildman–Crippen LogP) is 17.4. The van der Waals surface area contributed by atoms with Gasteiger partial charge in [0.15, 0.2) is 0 Å². The number of unbranched alkanes of at least 4 members (excludes halogenated alkanes) is 36. The molecule has 67 heavy (non-hydrogen) atoms. The van der Waals surface area contributed by atoms with Gasteiger partial charge in [-0.1, -0.05) is 256 Å². The highest BCUT2D eigenvalue weighted by atomic mass is 31.2. The second-order valence-corrected chi connectivity index (χ2v) is 22.5. The molecule has 3 atom stereocenters. The molecule has 3 unspecified atom stereocenters. The third kappa shape index (κ3) is 52.4. The number of phosphoric acid groups is 1. The molecule has 0 aromatic heterocycles.